The van der Waals surface area contributed by atoms with Crippen molar-refractivity contribution in [2.24, 2.45) is 5.92 Å². The van der Waals surface area contributed by atoms with Gasteiger partial charge in [-0.15, -0.1) is 11.8 Å². The second kappa shape index (κ2) is 7.00. The summed E-state index contributed by atoms with van der Waals surface area (Å²) in [5.74, 6) is -0.297. The van der Waals surface area contributed by atoms with Crippen LogP contribution in [0.5, 0.6) is 0 Å². The molecule has 1 aliphatic carbocycles. The third-order valence-electron chi connectivity index (χ3n) is 4.82. The fourth-order valence-electron chi connectivity index (χ4n) is 3.51. The Hall–Kier alpha value is -2.53. The van der Waals surface area contributed by atoms with Crippen LogP contribution in [0, 0.1) is 5.92 Å². The van der Waals surface area contributed by atoms with Crippen molar-refractivity contribution < 1.29 is 14.3 Å². The molecule has 0 bridgehead atoms. The number of ketones is 1. The van der Waals surface area contributed by atoms with Gasteiger partial charge in [-0.2, -0.15) is 0 Å². The molecule has 1 N–H and O–H groups in total. The maximum absolute atomic E-state index is 12.8. The number of methoxy groups -OCH3 is 1. The number of Topliss-reactive ketones (excluding diaryl/α,β-unsaturated/α-hetero) is 1. The van der Waals surface area contributed by atoms with Crippen LogP contribution in [0.4, 0.5) is 5.69 Å². The fraction of sp³-hybridized carbons (Fsp3) is 0.238. The maximum atomic E-state index is 12.8. The normalized spacial score (nSPS) is 21.6. The number of benzene rings is 2. The van der Waals surface area contributed by atoms with E-state index in [-0.39, 0.29) is 22.9 Å². The van der Waals surface area contributed by atoms with Gasteiger partial charge < -0.3 is 10.1 Å². The van der Waals surface area contributed by atoms with Crippen molar-refractivity contribution in [3.05, 3.63) is 71.4 Å². The molecule has 1 heterocycles. The highest BCUT2D eigenvalue weighted by Gasteiger charge is 2.37. The molecule has 0 fully saturated rings. The number of fused-ring (bicyclic) bond motifs is 2. The minimum Gasteiger partial charge on any atom is -0.465 e. The van der Waals surface area contributed by atoms with Crippen LogP contribution in [0.1, 0.15) is 34.0 Å². The number of carbonyl (C=O) groups excluding carboxylic acids is 2. The molecular formula is C21H19NO3S. The van der Waals surface area contributed by atoms with Crippen LogP contribution < -0.4 is 5.32 Å². The van der Waals surface area contributed by atoms with E-state index >= 15 is 0 Å². The number of ether oxygens (including phenoxy) is 1. The summed E-state index contributed by atoms with van der Waals surface area (Å²) in [6.07, 6.45) is 3.49. The van der Waals surface area contributed by atoms with Crippen molar-refractivity contribution in [1.82, 2.24) is 0 Å². The van der Waals surface area contributed by atoms with E-state index in [9.17, 15) is 9.59 Å². The molecule has 2 aromatic carbocycles. The van der Waals surface area contributed by atoms with Crippen LogP contribution in [0.25, 0.3) is 0 Å². The van der Waals surface area contributed by atoms with Crippen molar-refractivity contribution in [1.29, 1.82) is 0 Å². The predicted octanol–water partition coefficient (Wildman–Crippen LogP) is 4.60. The first-order valence-corrected chi connectivity index (χ1v) is 9.49. The van der Waals surface area contributed by atoms with Crippen LogP contribution in [-0.4, -0.2) is 18.9 Å². The van der Waals surface area contributed by atoms with E-state index in [0.717, 1.165) is 28.3 Å². The third kappa shape index (κ3) is 3.03. The highest BCUT2D eigenvalue weighted by atomic mass is 32.2. The molecular weight excluding hydrogens is 346 g/mol. The van der Waals surface area contributed by atoms with Crippen molar-refractivity contribution in [3.63, 3.8) is 0 Å². The van der Waals surface area contributed by atoms with Gasteiger partial charge in [0.25, 0.3) is 0 Å². The number of anilines is 1. The van der Waals surface area contributed by atoms with E-state index in [0.29, 0.717) is 12.0 Å². The van der Waals surface area contributed by atoms with E-state index in [1.54, 1.807) is 23.9 Å². The largest absolute Gasteiger partial charge is 0.465 e. The average Bonchev–Trinajstić information content (AvgIpc) is 2.85. The zero-order valence-corrected chi connectivity index (χ0v) is 15.2. The molecule has 1 aliphatic heterocycles. The number of allylic oxidation sites excluding steroid dienone is 2. The first-order chi connectivity index (χ1) is 12.7. The first-order valence-electron chi connectivity index (χ1n) is 8.61. The van der Waals surface area contributed by atoms with Crippen molar-refractivity contribution in [2.75, 3.05) is 12.4 Å². The number of carbonyl (C=O) groups is 2. The van der Waals surface area contributed by atoms with Gasteiger partial charge in [0.1, 0.15) is 5.78 Å². The minimum atomic E-state index is -0.355. The Morgan fingerprint density at radius 2 is 1.92 bits per heavy atom. The van der Waals surface area contributed by atoms with Gasteiger partial charge in [-0.05, 0) is 36.2 Å². The third-order valence-corrected chi connectivity index (χ3v) is 6.23. The van der Waals surface area contributed by atoms with E-state index in [2.05, 4.69) is 17.5 Å². The Morgan fingerprint density at radius 3 is 2.69 bits per heavy atom. The summed E-state index contributed by atoms with van der Waals surface area (Å²) in [7, 11) is 1.37. The van der Waals surface area contributed by atoms with Crippen LogP contribution in [0.3, 0.4) is 0 Å². The number of hydrogen-bond acceptors (Lipinski definition) is 5. The molecule has 0 aromatic heterocycles. The summed E-state index contributed by atoms with van der Waals surface area (Å²) < 4.78 is 4.77. The molecule has 0 saturated carbocycles. The van der Waals surface area contributed by atoms with Crippen LogP contribution in [0.2, 0.25) is 0 Å². The molecule has 2 aromatic rings. The molecule has 2 aliphatic rings. The van der Waals surface area contributed by atoms with Crippen molar-refractivity contribution >= 4 is 29.2 Å². The Morgan fingerprint density at radius 1 is 1.15 bits per heavy atom. The van der Waals surface area contributed by atoms with Gasteiger partial charge in [0.15, 0.2) is 0 Å². The molecule has 0 radical (unpaired) electrons. The number of thioether (sulfide) groups is 1. The monoisotopic (exact) mass is 365 g/mol. The lowest BCUT2D eigenvalue weighted by molar-refractivity contribution is -0.122. The highest BCUT2D eigenvalue weighted by Crippen LogP contribution is 2.50. The van der Waals surface area contributed by atoms with E-state index in [1.807, 2.05) is 30.3 Å². The van der Waals surface area contributed by atoms with E-state index in [1.165, 1.54) is 7.11 Å². The number of nitrogens with one attached hydrogen (secondary N) is 1. The summed E-state index contributed by atoms with van der Waals surface area (Å²) in [5.41, 5.74) is 3.57. The molecule has 0 spiro atoms. The molecule has 4 nitrogen and oxygen atoms in total. The highest BCUT2D eigenvalue weighted by molar-refractivity contribution is 7.99. The number of rotatable bonds is 2. The summed E-state index contributed by atoms with van der Waals surface area (Å²) in [6.45, 7) is 0. The van der Waals surface area contributed by atoms with E-state index < -0.39 is 0 Å². The summed E-state index contributed by atoms with van der Waals surface area (Å²) in [5, 5.41) is 3.44. The van der Waals surface area contributed by atoms with Gasteiger partial charge in [0, 0.05) is 22.3 Å². The molecule has 0 unspecified atom stereocenters. The van der Waals surface area contributed by atoms with Crippen LogP contribution in [0.15, 0.2) is 65.2 Å². The summed E-state index contributed by atoms with van der Waals surface area (Å²) >= 11 is 1.70. The maximum Gasteiger partial charge on any atom is 0.337 e. The fourth-order valence-corrected chi connectivity index (χ4v) is 4.91. The van der Waals surface area contributed by atoms with Gasteiger partial charge in [-0.1, -0.05) is 30.3 Å². The lowest BCUT2D eigenvalue weighted by Gasteiger charge is -2.28. The first kappa shape index (κ1) is 16.9. The van der Waals surface area contributed by atoms with Gasteiger partial charge in [0.2, 0.25) is 0 Å². The van der Waals surface area contributed by atoms with Gasteiger partial charge in [-0.3, -0.25) is 4.79 Å². The predicted molar refractivity (Wildman–Crippen MR) is 102 cm³/mol. The van der Waals surface area contributed by atoms with Crippen LogP contribution >= 0.6 is 11.8 Å². The quantitative estimate of drug-likeness (QED) is 0.789. The summed E-state index contributed by atoms with van der Waals surface area (Å²) in [6, 6.07) is 15.5. The van der Waals surface area contributed by atoms with E-state index in [4.69, 9.17) is 4.74 Å². The standard InChI is InChI=1S/C21H19NO3S/c1-25-21(24)14-11-9-13(10-12-14)20-19-16(6-4-7-17(19)23)22-15-5-2-3-8-18(15)26-20/h2-3,5-6,8-12,19-20,22H,4,7H2,1H3/t19-,20+/m1/s1. The zero-order valence-electron chi connectivity index (χ0n) is 14.4. The Labute approximate surface area is 156 Å². The van der Waals surface area contributed by atoms with Crippen molar-refractivity contribution in [2.45, 2.75) is 23.0 Å². The zero-order chi connectivity index (χ0) is 18.1. The lowest BCUT2D eigenvalue weighted by Crippen LogP contribution is -2.27. The molecule has 26 heavy (non-hydrogen) atoms. The lowest BCUT2D eigenvalue weighted by atomic mass is 9.85. The minimum absolute atomic E-state index is 0.0307. The molecule has 0 saturated heterocycles. The molecule has 2 atom stereocenters. The molecule has 132 valence electrons. The Balaban J connectivity index is 1.77. The number of para-hydroxylation sites is 1. The van der Waals surface area contributed by atoms with Crippen molar-refractivity contribution in [3.8, 4) is 0 Å². The van der Waals surface area contributed by atoms with Crippen LogP contribution in [-0.2, 0) is 9.53 Å². The average molecular weight is 365 g/mol. The number of hydrogen-bond donors (Lipinski definition) is 1. The second-order valence-electron chi connectivity index (χ2n) is 6.42. The molecule has 5 heteroatoms. The smallest absolute Gasteiger partial charge is 0.337 e. The number of esters is 1. The van der Waals surface area contributed by atoms with Gasteiger partial charge in [-0.25, -0.2) is 4.79 Å². The molecule has 0 amide bonds. The SMILES string of the molecule is COC(=O)c1ccc([C@@H]2Sc3ccccc3NC3=CCCC(=O)[C@@H]32)cc1. The Kier molecular flexibility index (Phi) is 4.55. The van der Waals surface area contributed by atoms with Gasteiger partial charge >= 0.3 is 5.97 Å². The summed E-state index contributed by atoms with van der Waals surface area (Å²) in [4.78, 5) is 25.6. The Bertz CT molecular complexity index is 888. The second-order valence-corrected chi connectivity index (χ2v) is 7.60. The topological polar surface area (TPSA) is 55.4 Å². The molecule has 4 rings (SSSR count). The van der Waals surface area contributed by atoms with Gasteiger partial charge in [0.05, 0.1) is 24.3 Å².